The fourth-order valence-electron chi connectivity index (χ4n) is 5.02. The molecule has 2 aromatic carbocycles. The number of halogens is 5. The molecule has 0 aliphatic carbocycles. The minimum Gasteiger partial charge on any atom is -0.506 e. The molecule has 6 heterocycles. The average molecular weight is 1020 g/mol. The minimum atomic E-state index is -4.29. The third-order valence-electron chi connectivity index (χ3n) is 8.06. The number of H-pyrrole nitrogens is 4. The number of nitrogens with one attached hydrogen (secondary N) is 8. The number of rotatable bonds is 14. The molecule has 26 nitrogen and oxygen atoms in total. The zero-order valence-electron chi connectivity index (χ0n) is 34.2. The van der Waals surface area contributed by atoms with Crippen molar-refractivity contribution in [2.75, 3.05) is 21.3 Å². The second kappa shape index (κ2) is 21.8. The standard InChI is InChI=1S/C18H15F2N9O4S.C15H12F2N6O3S.C3H4ClN3O/c19-11-3-1-9(5-13(11)34(21,31)32)24-17-23-7-12(20)16(27-17)25-14-4-2-10(6-22-14)33-8-15-26-18(30)29-28-15;16-10-3-1-8(5-12(10)27(18,25)26)21-15-20-7-11(17)14(23-15)22-13-4-2-9(24)6-19-13;4-1-2-5-3(8)7-6-2/h1-7H,8H2,(H2,21,31,32)(H2,26,28,29,30)(H2,22,23,24,25,27);1-7,24H,(H2,18,25,26)(H2,19,20,21,22,23);1H2,(H2,5,6,7,8). The quantitative estimate of drug-likeness (QED) is 0.0550. The molecule has 0 bridgehead atoms. The SMILES string of the molecule is NS(=O)(=O)c1cc(Nc2ncc(F)c(Nc3ccc(O)cn3)n2)ccc1F.NS(=O)(=O)c1cc(Nc2ncc(F)c(Nc3ccc(OCc4n[nH]c(=O)[nH]4)cn3)n2)ccc1F.O=c1[nH]nc(CCl)[nH]1. The molecule has 6 aromatic heterocycles. The first kappa shape index (κ1) is 49.8. The van der Waals surface area contributed by atoms with Gasteiger partial charge in [-0.2, -0.15) is 20.2 Å². The van der Waals surface area contributed by atoms with Crippen LogP contribution in [0.1, 0.15) is 11.6 Å². The second-order valence-electron chi connectivity index (χ2n) is 13.1. The van der Waals surface area contributed by atoms with E-state index in [1.807, 2.05) is 0 Å². The van der Waals surface area contributed by atoms with Crippen molar-refractivity contribution >= 4 is 78.2 Å². The van der Waals surface area contributed by atoms with Gasteiger partial charge in [0.1, 0.15) is 57.0 Å². The van der Waals surface area contributed by atoms with Crippen LogP contribution in [0.5, 0.6) is 11.5 Å². The summed E-state index contributed by atoms with van der Waals surface area (Å²) >= 11 is 5.29. The van der Waals surface area contributed by atoms with Crippen molar-refractivity contribution in [3.8, 4) is 11.5 Å². The smallest absolute Gasteiger partial charge is 0.340 e. The zero-order chi connectivity index (χ0) is 49.9. The van der Waals surface area contributed by atoms with E-state index in [4.69, 9.17) is 26.6 Å². The lowest BCUT2D eigenvalue weighted by molar-refractivity contribution is 0.295. The third-order valence-corrected chi connectivity index (χ3v) is 10.2. The highest BCUT2D eigenvalue weighted by atomic mass is 35.5. The Balaban J connectivity index is 0.000000199. The van der Waals surface area contributed by atoms with Gasteiger partial charge in [-0.3, -0.25) is 9.97 Å². The van der Waals surface area contributed by atoms with E-state index in [9.17, 15) is 49.1 Å². The second-order valence-corrected chi connectivity index (χ2v) is 16.4. The van der Waals surface area contributed by atoms with E-state index >= 15 is 0 Å². The van der Waals surface area contributed by atoms with E-state index < -0.39 is 58.8 Å². The molecule has 360 valence electrons. The van der Waals surface area contributed by atoms with Gasteiger partial charge in [0.15, 0.2) is 29.1 Å². The molecule has 0 spiro atoms. The largest absolute Gasteiger partial charge is 0.506 e. The van der Waals surface area contributed by atoms with E-state index in [0.29, 0.717) is 17.4 Å². The molecule has 8 aromatic rings. The van der Waals surface area contributed by atoms with Crippen molar-refractivity contribution in [3.63, 3.8) is 0 Å². The fraction of sp³-hybridized carbons (Fsp3) is 0.0556. The summed E-state index contributed by atoms with van der Waals surface area (Å²) < 4.78 is 107. The number of benzene rings is 2. The molecule has 0 saturated heterocycles. The number of hydrogen-bond acceptors (Lipinski definition) is 20. The minimum absolute atomic E-state index is 0.000675. The van der Waals surface area contributed by atoms with E-state index in [-0.39, 0.29) is 70.5 Å². The van der Waals surface area contributed by atoms with Crippen LogP contribution in [0.4, 0.5) is 64.1 Å². The normalized spacial score (nSPS) is 11.1. The van der Waals surface area contributed by atoms with Crippen molar-refractivity contribution in [2.24, 2.45) is 10.3 Å². The van der Waals surface area contributed by atoms with Crippen LogP contribution < -0.4 is 47.7 Å². The average Bonchev–Trinajstić information content (AvgIpc) is 3.94. The lowest BCUT2D eigenvalue weighted by atomic mass is 10.3. The van der Waals surface area contributed by atoms with Gasteiger partial charge < -0.3 is 31.1 Å². The monoisotopic (exact) mass is 1020 g/mol. The van der Waals surface area contributed by atoms with Crippen LogP contribution in [0.15, 0.2) is 105 Å². The van der Waals surface area contributed by atoms with Crippen LogP contribution in [0.2, 0.25) is 0 Å². The van der Waals surface area contributed by atoms with Gasteiger partial charge in [-0.1, -0.05) is 0 Å². The van der Waals surface area contributed by atoms with E-state index in [0.717, 1.165) is 42.9 Å². The van der Waals surface area contributed by atoms with Crippen molar-refractivity contribution in [1.29, 1.82) is 0 Å². The maximum absolute atomic E-state index is 14.2. The van der Waals surface area contributed by atoms with Crippen LogP contribution in [0.3, 0.4) is 0 Å². The van der Waals surface area contributed by atoms with E-state index in [2.05, 4.69) is 81.5 Å². The summed E-state index contributed by atoms with van der Waals surface area (Å²) in [6, 6.07) is 12.0. The molecule has 0 radical (unpaired) electrons. The number of aromatic nitrogens is 12. The summed E-state index contributed by atoms with van der Waals surface area (Å²) in [5.41, 5.74) is -0.538. The number of pyridine rings is 2. The highest BCUT2D eigenvalue weighted by Gasteiger charge is 2.18. The van der Waals surface area contributed by atoms with E-state index in [1.165, 1.54) is 36.5 Å². The highest BCUT2D eigenvalue weighted by molar-refractivity contribution is 7.89. The topological polar surface area (TPSA) is 398 Å². The Morgan fingerprint density at radius 2 is 1.09 bits per heavy atom. The van der Waals surface area contributed by atoms with Crippen molar-refractivity contribution in [2.45, 2.75) is 22.3 Å². The van der Waals surface area contributed by atoms with Gasteiger partial charge in [0.25, 0.3) is 0 Å². The molecule has 8 rings (SSSR count). The number of nitrogens with zero attached hydrogens (tertiary/aromatic N) is 8. The third kappa shape index (κ3) is 14.4. The van der Waals surface area contributed by atoms with Crippen molar-refractivity contribution in [3.05, 3.63) is 141 Å². The molecule has 0 unspecified atom stereocenters. The number of nitrogens with two attached hydrogens (primary N) is 2. The molecular weight excluding hydrogens is 988 g/mol. The van der Waals surface area contributed by atoms with Crippen molar-refractivity contribution in [1.82, 2.24) is 60.3 Å². The maximum Gasteiger partial charge on any atom is 0.340 e. The number of alkyl halides is 1. The van der Waals surface area contributed by atoms with Gasteiger partial charge >= 0.3 is 11.4 Å². The van der Waals surface area contributed by atoms with Gasteiger partial charge in [-0.15, -0.1) is 11.6 Å². The summed E-state index contributed by atoms with van der Waals surface area (Å²) in [7, 11) is -8.56. The molecule has 33 heteroatoms. The molecule has 0 aliphatic heterocycles. The molecule has 69 heavy (non-hydrogen) atoms. The van der Waals surface area contributed by atoms with E-state index in [1.54, 1.807) is 6.07 Å². The van der Waals surface area contributed by atoms with Gasteiger partial charge in [-0.05, 0) is 60.7 Å². The predicted octanol–water partition coefficient (Wildman–Crippen LogP) is 3.10. The molecule has 0 aliphatic rings. The summed E-state index contributed by atoms with van der Waals surface area (Å²) in [5, 5.41) is 41.3. The fourth-order valence-corrected chi connectivity index (χ4v) is 6.41. The van der Waals surface area contributed by atoms with Crippen LogP contribution in [-0.4, -0.2) is 82.2 Å². The molecule has 0 saturated carbocycles. The first-order chi connectivity index (χ1) is 32.7. The number of ether oxygens (including phenoxy) is 1. The Morgan fingerprint density at radius 1 is 0.609 bits per heavy atom. The van der Waals surface area contributed by atoms with Crippen molar-refractivity contribution < 1.29 is 44.2 Å². The molecular formula is C36H31ClF4N18O8S2. The van der Waals surface area contributed by atoms with Gasteiger partial charge in [-0.25, -0.2) is 84.4 Å². The van der Waals surface area contributed by atoms with Gasteiger partial charge in [0.2, 0.25) is 31.9 Å². The Bertz CT molecular complexity index is 3420. The molecule has 13 N–H and O–H groups in total. The Labute approximate surface area is 388 Å². The summed E-state index contributed by atoms with van der Waals surface area (Å²) in [4.78, 5) is 47.9. The number of aromatic amines is 4. The summed E-state index contributed by atoms with van der Waals surface area (Å²) in [6.07, 6.45) is 4.28. The number of aromatic hydroxyl groups is 1. The first-order valence-corrected chi connectivity index (χ1v) is 22.2. The molecule has 0 atom stereocenters. The van der Waals surface area contributed by atoms with Crippen LogP contribution in [-0.2, 0) is 32.5 Å². The molecule has 0 amide bonds. The summed E-state index contributed by atoms with van der Waals surface area (Å²) in [6.45, 7) is -0.000675. The lowest BCUT2D eigenvalue weighted by Gasteiger charge is -2.10. The van der Waals surface area contributed by atoms with Gasteiger partial charge in [0.05, 0.1) is 30.7 Å². The van der Waals surface area contributed by atoms with Crippen LogP contribution >= 0.6 is 11.6 Å². The maximum atomic E-state index is 14.2. The van der Waals surface area contributed by atoms with Gasteiger partial charge in [0, 0.05) is 11.4 Å². The summed E-state index contributed by atoms with van der Waals surface area (Å²) in [5.74, 6) is -2.51. The number of hydrogen-bond donors (Lipinski definition) is 11. The lowest BCUT2D eigenvalue weighted by Crippen LogP contribution is -2.14. The number of primary sulfonamides is 2. The van der Waals surface area contributed by atoms with Crippen LogP contribution in [0.25, 0.3) is 0 Å². The predicted molar refractivity (Wildman–Crippen MR) is 235 cm³/mol. The first-order valence-electron chi connectivity index (χ1n) is 18.6. The Morgan fingerprint density at radius 3 is 1.48 bits per heavy atom. The molecule has 0 fully saturated rings. The number of sulfonamides is 2. The number of anilines is 8. The van der Waals surface area contributed by atoms with Crippen LogP contribution in [0, 0.1) is 23.3 Å². The zero-order valence-corrected chi connectivity index (χ0v) is 36.6. The highest BCUT2D eigenvalue weighted by Crippen LogP contribution is 2.25. The Kier molecular flexibility index (Phi) is 15.7. The Hall–Kier alpha value is -8.59.